The Morgan fingerprint density at radius 2 is 1.75 bits per heavy atom. The Morgan fingerprint density at radius 1 is 0.964 bits per heavy atom. The lowest BCUT2D eigenvalue weighted by molar-refractivity contribution is 0.0998. The zero-order valence-corrected chi connectivity index (χ0v) is 15.3. The molecule has 4 aromatic rings. The molecule has 5 heteroatoms. The third-order valence-electron chi connectivity index (χ3n) is 4.79. The van der Waals surface area contributed by atoms with Gasteiger partial charge in [-0.3, -0.25) is 9.59 Å². The highest BCUT2D eigenvalue weighted by Gasteiger charge is 2.13. The number of nitrogens with one attached hydrogen (secondary N) is 2. The molecule has 1 aromatic heterocycles. The van der Waals surface area contributed by atoms with E-state index < -0.39 is 5.91 Å². The van der Waals surface area contributed by atoms with E-state index in [9.17, 15) is 9.59 Å². The summed E-state index contributed by atoms with van der Waals surface area (Å²) in [6.45, 7) is 1.93. The zero-order chi connectivity index (χ0) is 19.7. The van der Waals surface area contributed by atoms with E-state index in [0.29, 0.717) is 11.1 Å². The number of aromatic amines is 1. The van der Waals surface area contributed by atoms with Crippen LogP contribution in [0.15, 0.2) is 72.9 Å². The van der Waals surface area contributed by atoms with Gasteiger partial charge in [0.2, 0.25) is 5.91 Å². The number of amides is 2. The molecule has 0 radical (unpaired) electrons. The molecule has 0 fully saturated rings. The van der Waals surface area contributed by atoms with Gasteiger partial charge in [-0.1, -0.05) is 30.3 Å². The van der Waals surface area contributed by atoms with Crippen molar-refractivity contribution in [1.82, 2.24) is 4.98 Å². The second-order valence-corrected chi connectivity index (χ2v) is 6.67. The SMILES string of the molecule is Cc1cccc(C(N)=O)c1-c1ccc(C(=O)Nc2ccc3cc[nH]c3c2)cc1. The summed E-state index contributed by atoms with van der Waals surface area (Å²) in [5.41, 5.74) is 10.8. The van der Waals surface area contributed by atoms with E-state index in [-0.39, 0.29) is 5.91 Å². The van der Waals surface area contributed by atoms with Gasteiger partial charge in [-0.15, -0.1) is 0 Å². The van der Waals surface area contributed by atoms with Crippen molar-refractivity contribution in [3.63, 3.8) is 0 Å². The molecule has 4 N–H and O–H groups in total. The summed E-state index contributed by atoms with van der Waals surface area (Å²) in [5, 5.41) is 4.00. The van der Waals surface area contributed by atoms with E-state index >= 15 is 0 Å². The Balaban J connectivity index is 1.59. The van der Waals surface area contributed by atoms with Crippen molar-refractivity contribution in [3.8, 4) is 11.1 Å². The molecule has 0 aliphatic rings. The molecule has 0 unspecified atom stereocenters. The van der Waals surface area contributed by atoms with Crippen molar-refractivity contribution < 1.29 is 9.59 Å². The molecule has 5 nitrogen and oxygen atoms in total. The van der Waals surface area contributed by atoms with Crippen molar-refractivity contribution in [2.75, 3.05) is 5.32 Å². The smallest absolute Gasteiger partial charge is 0.255 e. The molecule has 1 heterocycles. The van der Waals surface area contributed by atoms with Crippen LogP contribution in [-0.2, 0) is 0 Å². The van der Waals surface area contributed by atoms with Crippen LogP contribution in [0.4, 0.5) is 5.69 Å². The second-order valence-electron chi connectivity index (χ2n) is 6.67. The summed E-state index contributed by atoms with van der Waals surface area (Å²) in [4.78, 5) is 27.5. The number of aryl methyl sites for hydroxylation is 1. The van der Waals surface area contributed by atoms with Crippen LogP contribution < -0.4 is 11.1 Å². The van der Waals surface area contributed by atoms with Crippen LogP contribution in [0.1, 0.15) is 26.3 Å². The van der Waals surface area contributed by atoms with E-state index in [0.717, 1.165) is 33.3 Å². The summed E-state index contributed by atoms with van der Waals surface area (Å²) in [6.07, 6.45) is 1.86. The highest BCUT2D eigenvalue weighted by Crippen LogP contribution is 2.28. The van der Waals surface area contributed by atoms with Gasteiger partial charge in [0.15, 0.2) is 0 Å². The average molecular weight is 369 g/mol. The summed E-state index contributed by atoms with van der Waals surface area (Å²) >= 11 is 0. The minimum absolute atomic E-state index is 0.197. The molecule has 3 aromatic carbocycles. The summed E-state index contributed by atoms with van der Waals surface area (Å²) < 4.78 is 0. The lowest BCUT2D eigenvalue weighted by Crippen LogP contribution is -2.13. The Labute approximate surface area is 162 Å². The maximum atomic E-state index is 12.6. The molecule has 138 valence electrons. The van der Waals surface area contributed by atoms with E-state index in [1.807, 2.05) is 61.7 Å². The van der Waals surface area contributed by atoms with Crippen LogP contribution in [0.25, 0.3) is 22.0 Å². The van der Waals surface area contributed by atoms with Crippen LogP contribution in [0.2, 0.25) is 0 Å². The number of hydrogen-bond donors (Lipinski definition) is 3. The maximum Gasteiger partial charge on any atom is 0.255 e. The Kier molecular flexibility index (Phi) is 4.41. The van der Waals surface area contributed by atoms with Gasteiger partial charge in [0.1, 0.15) is 0 Å². The van der Waals surface area contributed by atoms with Crippen LogP contribution in [0.3, 0.4) is 0 Å². The van der Waals surface area contributed by atoms with Gasteiger partial charge in [-0.05, 0) is 65.4 Å². The third kappa shape index (κ3) is 3.25. The average Bonchev–Trinajstić information content (AvgIpc) is 3.15. The van der Waals surface area contributed by atoms with E-state index in [4.69, 9.17) is 5.73 Å². The largest absolute Gasteiger partial charge is 0.366 e. The molecule has 0 bridgehead atoms. The number of primary amides is 1. The zero-order valence-electron chi connectivity index (χ0n) is 15.3. The summed E-state index contributed by atoms with van der Waals surface area (Å²) in [5.74, 6) is -0.669. The number of carbonyl (C=O) groups excluding carboxylic acids is 2. The quantitative estimate of drug-likeness (QED) is 0.495. The first kappa shape index (κ1) is 17.5. The highest BCUT2D eigenvalue weighted by atomic mass is 16.2. The number of benzene rings is 3. The van der Waals surface area contributed by atoms with Gasteiger partial charge in [-0.2, -0.15) is 0 Å². The lowest BCUT2D eigenvalue weighted by Gasteiger charge is -2.11. The van der Waals surface area contributed by atoms with Crippen molar-refractivity contribution in [3.05, 3.63) is 89.6 Å². The molecule has 2 amide bonds. The third-order valence-corrected chi connectivity index (χ3v) is 4.79. The molecule has 0 saturated carbocycles. The van der Waals surface area contributed by atoms with E-state index in [1.54, 1.807) is 18.2 Å². The Hall–Kier alpha value is -3.86. The molecule has 0 atom stereocenters. The summed E-state index contributed by atoms with van der Waals surface area (Å²) in [7, 11) is 0. The van der Waals surface area contributed by atoms with Gasteiger partial charge in [-0.25, -0.2) is 0 Å². The molecular weight excluding hydrogens is 350 g/mol. The summed E-state index contributed by atoms with van der Waals surface area (Å²) in [6, 6.07) is 20.3. The number of carbonyl (C=O) groups is 2. The van der Waals surface area contributed by atoms with Crippen molar-refractivity contribution in [1.29, 1.82) is 0 Å². The first-order chi connectivity index (χ1) is 13.5. The predicted molar refractivity (Wildman–Crippen MR) is 111 cm³/mol. The molecule has 4 rings (SSSR count). The monoisotopic (exact) mass is 369 g/mol. The van der Waals surface area contributed by atoms with Gasteiger partial charge >= 0.3 is 0 Å². The molecule has 0 saturated heterocycles. The molecular formula is C23H19N3O2. The van der Waals surface area contributed by atoms with Crippen molar-refractivity contribution >= 4 is 28.4 Å². The van der Waals surface area contributed by atoms with Crippen molar-refractivity contribution in [2.45, 2.75) is 6.92 Å². The first-order valence-electron chi connectivity index (χ1n) is 8.91. The Morgan fingerprint density at radius 3 is 2.50 bits per heavy atom. The van der Waals surface area contributed by atoms with Gasteiger partial charge < -0.3 is 16.0 Å². The normalized spacial score (nSPS) is 10.8. The fourth-order valence-electron chi connectivity index (χ4n) is 3.37. The lowest BCUT2D eigenvalue weighted by atomic mass is 9.94. The number of aromatic nitrogens is 1. The van der Waals surface area contributed by atoms with Crippen LogP contribution in [0, 0.1) is 6.92 Å². The van der Waals surface area contributed by atoms with E-state index in [1.165, 1.54) is 0 Å². The van der Waals surface area contributed by atoms with Crippen molar-refractivity contribution in [2.24, 2.45) is 5.73 Å². The minimum Gasteiger partial charge on any atom is -0.366 e. The van der Waals surface area contributed by atoms with Gasteiger partial charge in [0.05, 0.1) is 0 Å². The topological polar surface area (TPSA) is 88.0 Å². The molecule has 0 aliphatic carbocycles. The number of anilines is 1. The van der Waals surface area contributed by atoms with Gasteiger partial charge in [0, 0.05) is 28.5 Å². The number of hydrogen-bond acceptors (Lipinski definition) is 2. The van der Waals surface area contributed by atoms with Gasteiger partial charge in [0.25, 0.3) is 5.91 Å². The highest BCUT2D eigenvalue weighted by molar-refractivity contribution is 6.06. The fourth-order valence-corrected chi connectivity index (χ4v) is 3.37. The number of nitrogens with two attached hydrogens (primary N) is 1. The predicted octanol–water partition coefficient (Wildman–Crippen LogP) is 4.49. The number of rotatable bonds is 4. The first-order valence-corrected chi connectivity index (χ1v) is 8.91. The Bertz CT molecular complexity index is 1190. The fraction of sp³-hybridized carbons (Fsp3) is 0.0435. The number of H-pyrrole nitrogens is 1. The van der Waals surface area contributed by atoms with E-state index in [2.05, 4.69) is 10.3 Å². The maximum absolute atomic E-state index is 12.6. The van der Waals surface area contributed by atoms with Crippen LogP contribution in [-0.4, -0.2) is 16.8 Å². The number of fused-ring (bicyclic) bond motifs is 1. The molecule has 28 heavy (non-hydrogen) atoms. The standard InChI is InChI=1S/C23H19N3O2/c1-14-3-2-4-19(22(24)27)21(14)16-5-7-17(8-6-16)23(28)26-18-10-9-15-11-12-25-20(15)13-18/h2-13,25H,1H3,(H2,24,27)(H,26,28). The second kappa shape index (κ2) is 7.04. The molecule has 0 aliphatic heterocycles. The molecule has 0 spiro atoms. The van der Waals surface area contributed by atoms with Crippen LogP contribution >= 0.6 is 0 Å². The van der Waals surface area contributed by atoms with Crippen LogP contribution in [0.5, 0.6) is 0 Å². The minimum atomic E-state index is -0.472.